The van der Waals surface area contributed by atoms with E-state index in [-0.39, 0.29) is 6.03 Å². The van der Waals surface area contributed by atoms with Crippen LogP contribution >= 0.6 is 23.2 Å². The van der Waals surface area contributed by atoms with Gasteiger partial charge in [-0.25, -0.2) is 4.79 Å². The van der Waals surface area contributed by atoms with Crippen LogP contribution in [0.3, 0.4) is 0 Å². The number of urea groups is 1. The Kier molecular flexibility index (Phi) is 6.56. The minimum atomic E-state index is -0.145. The fraction of sp³-hybridized carbons (Fsp3) is 0.250. The van der Waals surface area contributed by atoms with E-state index in [1.807, 2.05) is 18.2 Å². The number of benzene rings is 2. The van der Waals surface area contributed by atoms with Crippen LogP contribution < -0.4 is 5.32 Å². The molecule has 2 aromatic carbocycles. The SMILES string of the molecule is O=C(Nc1cccc(Cl)c1Cl)N1CCN(C/C=C/c2ccccc2)CC1. The molecule has 0 saturated carbocycles. The predicted molar refractivity (Wildman–Crippen MR) is 109 cm³/mol. The van der Waals surface area contributed by atoms with Crippen LogP contribution in [-0.2, 0) is 0 Å². The second-order valence-electron chi connectivity index (χ2n) is 6.13. The number of halogens is 2. The standard InChI is InChI=1S/C20H21Cl2N3O/c21-17-9-4-10-18(19(17)22)23-20(26)25-14-12-24(13-15-25)11-5-8-16-6-2-1-3-7-16/h1-10H,11-15H2,(H,23,26)/b8-5+. The number of hydrogen-bond donors (Lipinski definition) is 1. The van der Waals surface area contributed by atoms with Gasteiger partial charge in [0.25, 0.3) is 0 Å². The Morgan fingerprint density at radius 1 is 1.00 bits per heavy atom. The summed E-state index contributed by atoms with van der Waals surface area (Å²) < 4.78 is 0. The summed E-state index contributed by atoms with van der Waals surface area (Å²) in [7, 11) is 0. The average molecular weight is 390 g/mol. The Morgan fingerprint density at radius 2 is 1.73 bits per heavy atom. The van der Waals surface area contributed by atoms with Crippen LogP contribution in [0.5, 0.6) is 0 Å². The molecule has 0 radical (unpaired) electrons. The van der Waals surface area contributed by atoms with Crippen molar-refractivity contribution in [1.29, 1.82) is 0 Å². The van der Waals surface area contributed by atoms with Crippen molar-refractivity contribution in [2.75, 3.05) is 38.0 Å². The second kappa shape index (κ2) is 9.08. The quantitative estimate of drug-likeness (QED) is 0.810. The fourth-order valence-electron chi connectivity index (χ4n) is 2.83. The van der Waals surface area contributed by atoms with Gasteiger partial charge in [0.05, 0.1) is 15.7 Å². The normalized spacial score (nSPS) is 15.4. The van der Waals surface area contributed by atoms with Crippen LogP contribution in [0.2, 0.25) is 10.0 Å². The van der Waals surface area contributed by atoms with E-state index < -0.39 is 0 Å². The van der Waals surface area contributed by atoms with Crippen LogP contribution in [0.4, 0.5) is 10.5 Å². The van der Waals surface area contributed by atoms with E-state index in [1.165, 1.54) is 5.56 Å². The second-order valence-corrected chi connectivity index (χ2v) is 6.92. The van der Waals surface area contributed by atoms with Gasteiger partial charge in [-0.1, -0.05) is 71.8 Å². The summed E-state index contributed by atoms with van der Waals surface area (Å²) in [6, 6.07) is 15.3. The van der Waals surface area contributed by atoms with Crippen molar-refractivity contribution in [1.82, 2.24) is 9.80 Å². The molecule has 0 bridgehead atoms. The number of nitrogens with one attached hydrogen (secondary N) is 1. The summed E-state index contributed by atoms with van der Waals surface area (Å²) >= 11 is 12.1. The highest BCUT2D eigenvalue weighted by Crippen LogP contribution is 2.29. The molecule has 0 aromatic heterocycles. The number of piperazine rings is 1. The van der Waals surface area contributed by atoms with Crippen molar-refractivity contribution in [2.24, 2.45) is 0 Å². The Bertz CT molecular complexity index is 772. The zero-order valence-electron chi connectivity index (χ0n) is 14.4. The molecular weight excluding hydrogens is 369 g/mol. The molecule has 26 heavy (non-hydrogen) atoms. The Morgan fingerprint density at radius 3 is 2.46 bits per heavy atom. The van der Waals surface area contributed by atoms with Gasteiger partial charge < -0.3 is 10.2 Å². The van der Waals surface area contributed by atoms with E-state index in [4.69, 9.17) is 23.2 Å². The molecule has 6 heteroatoms. The van der Waals surface area contributed by atoms with Crippen molar-refractivity contribution in [3.05, 3.63) is 70.2 Å². The molecule has 4 nitrogen and oxygen atoms in total. The lowest BCUT2D eigenvalue weighted by Gasteiger charge is -2.34. The minimum Gasteiger partial charge on any atom is -0.322 e. The molecule has 1 fully saturated rings. The van der Waals surface area contributed by atoms with Crippen molar-refractivity contribution < 1.29 is 4.79 Å². The molecular formula is C20H21Cl2N3O. The van der Waals surface area contributed by atoms with Gasteiger partial charge in [-0.2, -0.15) is 0 Å². The maximum Gasteiger partial charge on any atom is 0.321 e. The Balaban J connectivity index is 1.46. The van der Waals surface area contributed by atoms with E-state index in [9.17, 15) is 4.79 Å². The molecule has 1 saturated heterocycles. The third kappa shape index (κ3) is 5.01. The summed E-state index contributed by atoms with van der Waals surface area (Å²) in [5.74, 6) is 0. The van der Waals surface area contributed by atoms with E-state index in [0.29, 0.717) is 28.8 Å². The molecule has 0 spiro atoms. The molecule has 1 aliphatic heterocycles. The fourth-order valence-corrected chi connectivity index (χ4v) is 3.18. The smallest absolute Gasteiger partial charge is 0.321 e. The maximum atomic E-state index is 12.4. The largest absolute Gasteiger partial charge is 0.322 e. The van der Waals surface area contributed by atoms with E-state index in [0.717, 1.165) is 19.6 Å². The highest BCUT2D eigenvalue weighted by molar-refractivity contribution is 6.43. The van der Waals surface area contributed by atoms with Crippen LogP contribution in [0.25, 0.3) is 6.08 Å². The predicted octanol–water partition coefficient (Wildman–Crippen LogP) is 4.86. The Hall–Kier alpha value is -2.01. The highest BCUT2D eigenvalue weighted by atomic mass is 35.5. The van der Waals surface area contributed by atoms with Gasteiger partial charge in [0.15, 0.2) is 0 Å². The van der Waals surface area contributed by atoms with Gasteiger partial charge in [0, 0.05) is 32.7 Å². The molecule has 136 valence electrons. The molecule has 2 aromatic rings. The topological polar surface area (TPSA) is 35.6 Å². The molecule has 0 unspecified atom stereocenters. The number of carbonyl (C=O) groups is 1. The summed E-state index contributed by atoms with van der Waals surface area (Å²) in [5, 5.41) is 3.64. The van der Waals surface area contributed by atoms with Gasteiger partial charge in [0.1, 0.15) is 0 Å². The molecule has 1 aliphatic rings. The molecule has 1 heterocycles. The number of nitrogens with zero attached hydrogens (tertiary/aromatic N) is 2. The first-order valence-corrected chi connectivity index (χ1v) is 9.33. The van der Waals surface area contributed by atoms with Crippen molar-refractivity contribution >= 4 is 41.0 Å². The summed E-state index contributed by atoms with van der Waals surface area (Å²) in [6.07, 6.45) is 4.29. The maximum absolute atomic E-state index is 12.4. The van der Waals surface area contributed by atoms with Gasteiger partial charge in [-0.05, 0) is 17.7 Å². The number of carbonyl (C=O) groups excluding carboxylic acids is 1. The van der Waals surface area contributed by atoms with Crippen LogP contribution in [0, 0.1) is 0 Å². The zero-order chi connectivity index (χ0) is 18.4. The first-order chi connectivity index (χ1) is 12.6. The number of amides is 2. The average Bonchev–Trinajstić information content (AvgIpc) is 2.67. The van der Waals surface area contributed by atoms with Gasteiger partial charge in [-0.15, -0.1) is 0 Å². The number of rotatable bonds is 4. The number of anilines is 1. The molecule has 3 rings (SSSR count). The van der Waals surface area contributed by atoms with Gasteiger partial charge >= 0.3 is 6.03 Å². The zero-order valence-corrected chi connectivity index (χ0v) is 15.9. The van der Waals surface area contributed by atoms with Crippen molar-refractivity contribution in [3.8, 4) is 0 Å². The number of hydrogen-bond acceptors (Lipinski definition) is 2. The minimum absolute atomic E-state index is 0.145. The van der Waals surface area contributed by atoms with Crippen LogP contribution in [-0.4, -0.2) is 48.6 Å². The third-order valence-corrected chi connectivity index (χ3v) is 5.15. The summed E-state index contributed by atoms with van der Waals surface area (Å²) in [6.45, 7) is 3.93. The van der Waals surface area contributed by atoms with Crippen LogP contribution in [0.15, 0.2) is 54.6 Å². The first kappa shape index (κ1) is 18.8. The van der Waals surface area contributed by atoms with Gasteiger partial charge in [-0.3, -0.25) is 4.90 Å². The summed E-state index contributed by atoms with van der Waals surface area (Å²) in [5.41, 5.74) is 1.74. The summed E-state index contributed by atoms with van der Waals surface area (Å²) in [4.78, 5) is 16.5. The van der Waals surface area contributed by atoms with Gasteiger partial charge in [0.2, 0.25) is 0 Å². The van der Waals surface area contributed by atoms with E-state index in [2.05, 4.69) is 34.5 Å². The first-order valence-electron chi connectivity index (χ1n) is 8.57. The van der Waals surface area contributed by atoms with E-state index in [1.54, 1.807) is 23.1 Å². The highest BCUT2D eigenvalue weighted by Gasteiger charge is 2.21. The molecule has 1 N–H and O–H groups in total. The van der Waals surface area contributed by atoms with Crippen molar-refractivity contribution in [2.45, 2.75) is 0 Å². The monoisotopic (exact) mass is 389 g/mol. The third-order valence-electron chi connectivity index (χ3n) is 4.33. The van der Waals surface area contributed by atoms with Crippen LogP contribution in [0.1, 0.15) is 5.56 Å². The molecule has 0 atom stereocenters. The van der Waals surface area contributed by atoms with Crippen molar-refractivity contribution in [3.63, 3.8) is 0 Å². The molecule has 0 aliphatic carbocycles. The lowest BCUT2D eigenvalue weighted by Crippen LogP contribution is -2.49. The molecule has 2 amide bonds. The van der Waals surface area contributed by atoms with E-state index >= 15 is 0 Å². The lowest BCUT2D eigenvalue weighted by atomic mass is 10.2. The Labute approximate surface area is 164 Å². The lowest BCUT2D eigenvalue weighted by molar-refractivity contribution is 0.156.